The van der Waals surface area contributed by atoms with Gasteiger partial charge in [0.1, 0.15) is 0 Å². The van der Waals surface area contributed by atoms with Crippen LogP contribution in [0.2, 0.25) is 0 Å². The van der Waals surface area contributed by atoms with Gasteiger partial charge in [0.25, 0.3) is 11.4 Å². The number of rotatable bonds is 0. The molecule has 0 bridgehead atoms. The molecule has 9 aliphatic rings. The number of quaternary nitrogens is 1. The Morgan fingerprint density at radius 3 is 1.20 bits per heavy atom. The van der Waals surface area contributed by atoms with Gasteiger partial charge in [-0.05, 0) is 112 Å². The smallest absolute Gasteiger partial charge is 0.344 e. The summed E-state index contributed by atoms with van der Waals surface area (Å²) in [5.74, 6) is 1.85. The van der Waals surface area contributed by atoms with Gasteiger partial charge in [-0.15, -0.1) is 0 Å². The minimum absolute atomic E-state index is 0.00581. The van der Waals surface area contributed by atoms with Crippen molar-refractivity contribution < 1.29 is 14.1 Å². The van der Waals surface area contributed by atoms with Crippen LogP contribution in [0.3, 0.4) is 0 Å². The number of benzene rings is 6. The summed E-state index contributed by atoms with van der Waals surface area (Å²) in [6.45, 7) is -0.0116. The zero-order valence-corrected chi connectivity index (χ0v) is 37.1. The van der Waals surface area contributed by atoms with Crippen molar-refractivity contribution in [2.45, 2.75) is 0 Å². The van der Waals surface area contributed by atoms with E-state index in [9.17, 15) is 0 Å². The summed E-state index contributed by atoms with van der Waals surface area (Å²) in [6, 6.07) is 60.6. The van der Waals surface area contributed by atoms with Gasteiger partial charge in [0.05, 0.1) is 0 Å². The van der Waals surface area contributed by atoms with E-state index in [4.69, 9.17) is 14.7 Å². The summed E-state index contributed by atoms with van der Waals surface area (Å²) in [5, 5.41) is 11.2. The maximum Gasteiger partial charge on any atom is 0.344 e. The molecule has 0 N–H and O–H groups in total. The number of aromatic nitrogens is 4. The Balaban J connectivity index is 1.05. The fourth-order valence-corrected chi connectivity index (χ4v) is 26.8. The first kappa shape index (κ1) is 32.8. The van der Waals surface area contributed by atoms with Crippen molar-refractivity contribution in [3.05, 3.63) is 183 Å². The molecule has 0 fully saturated rings. The first-order chi connectivity index (χ1) is 32.8. The molecule has 3 spiro atoms. The van der Waals surface area contributed by atoms with Crippen molar-refractivity contribution >= 4 is 116 Å². The van der Waals surface area contributed by atoms with E-state index in [0.29, 0.717) is 4.70 Å². The van der Waals surface area contributed by atoms with Crippen LogP contribution in [0.4, 0.5) is 11.4 Å². The van der Waals surface area contributed by atoms with Crippen LogP contribution in [0.1, 0.15) is 0 Å². The highest BCUT2D eigenvalue weighted by atomic mass is 28.3. The van der Waals surface area contributed by atoms with Crippen molar-refractivity contribution in [1.82, 2.24) is 14.7 Å². The molecule has 6 aromatic carbocycles. The van der Waals surface area contributed by atoms with Gasteiger partial charge >= 0.3 is 13.4 Å². The number of fused-ring (bicyclic) bond motifs is 16. The van der Waals surface area contributed by atoms with Crippen LogP contribution in [-0.2, 0) is 0 Å². The van der Waals surface area contributed by atoms with Crippen LogP contribution in [0, 0.1) is 0 Å². The van der Waals surface area contributed by atoms with Gasteiger partial charge in [0.2, 0.25) is 51.2 Å². The molecule has 13 heterocycles. The summed E-state index contributed by atoms with van der Waals surface area (Å²) in [4.78, 5) is 11.2. The minimum Gasteiger partial charge on any atom is -0.444 e. The average Bonchev–Trinajstić information content (AvgIpc) is 4.09. The first-order valence-corrected chi connectivity index (χ1v) is 27.2. The zero-order chi connectivity index (χ0) is 42.2. The second-order valence-corrected chi connectivity index (χ2v) is 26.7. The lowest BCUT2D eigenvalue weighted by molar-refractivity contribution is -1.03. The van der Waals surface area contributed by atoms with E-state index >= 15 is 0 Å². The predicted octanol–water partition coefficient (Wildman–Crippen LogP) is -0.315. The van der Waals surface area contributed by atoms with Gasteiger partial charge in [-0.1, -0.05) is 109 Å². The van der Waals surface area contributed by atoms with E-state index in [-0.39, 0.29) is 13.4 Å². The molecule has 9 aliphatic heterocycles. The lowest BCUT2D eigenvalue weighted by atomic mass is 9.38. The van der Waals surface area contributed by atoms with Crippen LogP contribution in [0.15, 0.2) is 183 Å². The fraction of sp³-hybridized carbons (Fsp3) is 0. The molecule has 0 saturated carbocycles. The Kier molecular flexibility index (Phi) is 5.07. The molecular formula is C56H30B2N5OSi2+3. The van der Waals surface area contributed by atoms with Crippen molar-refractivity contribution in [3.8, 4) is 56.0 Å². The highest BCUT2D eigenvalue weighted by Gasteiger charge is 2.78. The third-order valence-corrected chi connectivity index (χ3v) is 27.2. The van der Waals surface area contributed by atoms with Crippen LogP contribution >= 0.6 is 0 Å². The molecule has 0 amide bonds. The van der Waals surface area contributed by atoms with Crippen molar-refractivity contribution in [2.24, 2.45) is 0 Å². The lowest BCUT2D eigenvalue weighted by Gasteiger charge is -2.45. The molecule has 0 radical (unpaired) electrons. The van der Waals surface area contributed by atoms with E-state index in [0.717, 1.165) is 11.5 Å². The maximum absolute atomic E-state index is 7.58. The van der Waals surface area contributed by atoms with Crippen LogP contribution in [0.25, 0.3) is 44.5 Å². The largest absolute Gasteiger partial charge is 0.444 e. The molecule has 296 valence electrons. The molecule has 10 aromatic rings. The molecule has 10 heteroatoms. The summed E-state index contributed by atoms with van der Waals surface area (Å²) >= 11 is 0. The minimum atomic E-state index is -3.01. The normalized spacial score (nSPS) is 17.2. The molecule has 66 heavy (non-hydrogen) atoms. The van der Waals surface area contributed by atoms with Gasteiger partial charge in [-0.3, -0.25) is 9.97 Å². The van der Waals surface area contributed by atoms with E-state index in [1.54, 1.807) is 0 Å². The average molecular weight is 867 g/mol. The highest BCUT2D eigenvalue weighted by molar-refractivity contribution is 7.29. The van der Waals surface area contributed by atoms with Crippen molar-refractivity contribution in [3.63, 3.8) is 0 Å². The molecule has 0 saturated heterocycles. The first-order valence-electron chi connectivity index (χ1n) is 23.2. The third-order valence-electron chi connectivity index (χ3n) is 17.5. The number of nitrogens with zero attached hydrogens (tertiary/aromatic N) is 5. The van der Waals surface area contributed by atoms with E-state index in [1.807, 2.05) is 0 Å². The van der Waals surface area contributed by atoms with Crippen LogP contribution in [0.5, 0.6) is 11.5 Å². The number of hydrogen-bond acceptors (Lipinski definition) is 3. The SMILES string of the molecule is c1ccc2c(c1)-c1ccccc1[Si]21c2ccc3c4c2B2c5c(ccnc51)-c1ccc[n+](c12)[N+]41c2c(ccc4c2B2c5c(ccnc5[Si]45c4ccccc4-c4ccccc45)-c4ccc[n+]1c42)O3. The maximum atomic E-state index is 7.58. The van der Waals surface area contributed by atoms with E-state index < -0.39 is 16.1 Å². The van der Waals surface area contributed by atoms with Gasteiger partial charge in [-0.2, -0.15) is 0 Å². The summed E-state index contributed by atoms with van der Waals surface area (Å²) in [5.41, 5.74) is 21.3. The van der Waals surface area contributed by atoms with E-state index in [2.05, 4.69) is 192 Å². The van der Waals surface area contributed by atoms with Crippen LogP contribution in [-0.4, -0.2) is 39.5 Å². The quantitative estimate of drug-likeness (QED) is 0.120. The van der Waals surface area contributed by atoms with Crippen LogP contribution < -0.4 is 93.6 Å². The van der Waals surface area contributed by atoms with Crippen molar-refractivity contribution in [2.75, 3.05) is 0 Å². The Labute approximate surface area is 381 Å². The Bertz CT molecular complexity index is 3820. The predicted molar refractivity (Wildman–Crippen MR) is 267 cm³/mol. The topological polar surface area (TPSA) is 42.8 Å². The molecule has 4 aromatic heterocycles. The van der Waals surface area contributed by atoms with E-state index in [1.165, 1.54) is 131 Å². The highest BCUT2D eigenvalue weighted by Crippen LogP contribution is 2.51. The second-order valence-electron chi connectivity index (χ2n) is 19.5. The second kappa shape index (κ2) is 10.2. The third kappa shape index (κ3) is 2.93. The summed E-state index contributed by atoms with van der Waals surface area (Å²) in [6.07, 6.45) is 8.98. The molecule has 19 rings (SSSR count). The fourth-order valence-electron chi connectivity index (χ4n) is 15.8. The standard InChI is InChI=1S/C56H30B2N5OSi2/c1-5-17-41-31(11-1)32-12-2-6-18-42(32)65(41)45-23-21-39-51-49(45)57-47-35(25-27-59-55(47)65)37-15-9-29-61(53(37)57)63(51)52-40(64-39)22-24-46-50(52)58-48-36(38-16-10-30-62(63)54(38)58)26-28-60-56(48)66(46)43-19-7-3-13-33(43)34-14-4-8-20-44(34)66/h1-30H/q+3. The number of ether oxygens (including phenoxy) is 1. The van der Waals surface area contributed by atoms with Gasteiger partial charge in [0, 0.05) is 66.6 Å². The Morgan fingerprint density at radius 2 is 0.773 bits per heavy atom. The number of pyridine rings is 4. The molecule has 0 unspecified atom stereocenters. The summed E-state index contributed by atoms with van der Waals surface area (Å²) in [7, 11) is -6.02. The molecule has 0 atom stereocenters. The molecule has 0 aliphatic carbocycles. The number of hydrogen-bond donors (Lipinski definition) is 0. The summed E-state index contributed by atoms with van der Waals surface area (Å²) < 4.78 is 13.3. The molecular weight excluding hydrogens is 836 g/mol. The van der Waals surface area contributed by atoms with Crippen molar-refractivity contribution in [1.29, 1.82) is 0 Å². The van der Waals surface area contributed by atoms with Gasteiger partial charge in [-0.25, -0.2) is 0 Å². The Hall–Kier alpha value is -7.76. The Morgan fingerprint density at radius 1 is 0.379 bits per heavy atom. The van der Waals surface area contributed by atoms with Gasteiger partial charge in [0.15, 0.2) is 4.70 Å². The monoisotopic (exact) mass is 866 g/mol. The molecule has 6 nitrogen and oxygen atoms in total. The zero-order valence-electron chi connectivity index (χ0n) is 35.1. The lowest BCUT2D eigenvalue weighted by Crippen LogP contribution is -3.02. The van der Waals surface area contributed by atoms with Gasteiger partial charge < -0.3 is 4.74 Å².